The summed E-state index contributed by atoms with van der Waals surface area (Å²) in [5.41, 5.74) is 0.663. The molecule has 1 heterocycles. The summed E-state index contributed by atoms with van der Waals surface area (Å²) in [6, 6.07) is 5.47. The second-order valence-corrected chi connectivity index (χ2v) is 4.59. The average molecular weight is 287 g/mol. The molecule has 0 atom stereocenters. The highest BCUT2D eigenvalue weighted by atomic mass is 19.3. The van der Waals surface area contributed by atoms with Gasteiger partial charge in [0.15, 0.2) is 11.5 Å². The van der Waals surface area contributed by atoms with Crippen LogP contribution in [-0.4, -0.2) is 33.0 Å². The molecule has 1 N–H and O–H groups in total. The van der Waals surface area contributed by atoms with Crippen LogP contribution in [0.4, 0.5) is 8.78 Å². The molecule has 0 aliphatic carbocycles. The quantitative estimate of drug-likeness (QED) is 0.873. The lowest BCUT2D eigenvalue weighted by Crippen LogP contribution is -2.34. The molecule has 0 bridgehead atoms. The molecule has 20 heavy (non-hydrogen) atoms. The van der Waals surface area contributed by atoms with Crippen molar-refractivity contribution in [3.63, 3.8) is 0 Å². The monoisotopic (exact) mass is 287 g/mol. The van der Waals surface area contributed by atoms with E-state index in [1.807, 2.05) is 0 Å². The smallest absolute Gasteiger partial charge is 0.387 e. The minimum atomic E-state index is -2.87. The fraction of sp³-hybridized carbons (Fsp3) is 0.571. The van der Waals surface area contributed by atoms with Crippen molar-refractivity contribution in [2.45, 2.75) is 32.0 Å². The number of alkyl halides is 2. The number of rotatable bonds is 6. The van der Waals surface area contributed by atoms with Crippen LogP contribution in [0, 0.1) is 0 Å². The first-order valence-corrected chi connectivity index (χ1v) is 6.62. The van der Waals surface area contributed by atoms with Gasteiger partial charge in [-0.15, -0.1) is 0 Å². The van der Waals surface area contributed by atoms with Gasteiger partial charge in [0.1, 0.15) is 0 Å². The van der Waals surface area contributed by atoms with E-state index in [2.05, 4.69) is 10.1 Å². The molecule has 0 amide bonds. The van der Waals surface area contributed by atoms with Gasteiger partial charge >= 0.3 is 6.61 Å². The van der Waals surface area contributed by atoms with Gasteiger partial charge in [0.05, 0.1) is 7.11 Å². The number of hydrogen-bond acceptors (Lipinski definition) is 4. The number of nitrogens with one attached hydrogen (secondary N) is 1. The van der Waals surface area contributed by atoms with Crippen molar-refractivity contribution in [1.29, 1.82) is 0 Å². The van der Waals surface area contributed by atoms with Gasteiger partial charge in [-0.25, -0.2) is 0 Å². The lowest BCUT2D eigenvalue weighted by atomic mass is 10.1. The Bertz CT molecular complexity index is 423. The number of hydrogen-bond donors (Lipinski definition) is 1. The van der Waals surface area contributed by atoms with Crippen molar-refractivity contribution >= 4 is 0 Å². The van der Waals surface area contributed by atoms with Crippen LogP contribution in [0.1, 0.15) is 18.4 Å². The molecule has 1 fully saturated rings. The second-order valence-electron chi connectivity index (χ2n) is 4.59. The van der Waals surface area contributed by atoms with Gasteiger partial charge < -0.3 is 19.5 Å². The molecule has 0 saturated carbocycles. The third-order valence-electron chi connectivity index (χ3n) is 3.29. The van der Waals surface area contributed by atoms with Gasteiger partial charge in [0.2, 0.25) is 0 Å². The summed E-state index contributed by atoms with van der Waals surface area (Å²) in [7, 11) is 1.43. The topological polar surface area (TPSA) is 39.7 Å². The number of methoxy groups -OCH3 is 1. The normalized spacial score (nSPS) is 16.4. The molecule has 1 aromatic rings. The lowest BCUT2D eigenvalue weighted by molar-refractivity contribution is -0.0519. The summed E-state index contributed by atoms with van der Waals surface area (Å²) in [5, 5.41) is 3.34. The Labute approximate surface area is 117 Å². The molecule has 2 rings (SSSR count). The molecule has 0 aromatic heterocycles. The van der Waals surface area contributed by atoms with Crippen molar-refractivity contribution < 1.29 is 23.0 Å². The number of para-hydroxylation sites is 1. The van der Waals surface area contributed by atoms with Crippen LogP contribution in [0.2, 0.25) is 0 Å². The predicted molar refractivity (Wildman–Crippen MR) is 70.3 cm³/mol. The number of benzene rings is 1. The van der Waals surface area contributed by atoms with E-state index in [4.69, 9.17) is 9.47 Å². The highest BCUT2D eigenvalue weighted by molar-refractivity contribution is 5.46. The molecule has 0 unspecified atom stereocenters. The molecule has 112 valence electrons. The summed E-state index contributed by atoms with van der Waals surface area (Å²) in [5.74, 6) is 0.418. The highest BCUT2D eigenvalue weighted by Gasteiger charge is 2.17. The summed E-state index contributed by atoms with van der Waals surface area (Å²) < 4.78 is 39.9. The van der Waals surface area contributed by atoms with Crippen molar-refractivity contribution in [2.24, 2.45) is 0 Å². The van der Waals surface area contributed by atoms with Crippen molar-refractivity contribution in [1.82, 2.24) is 5.32 Å². The van der Waals surface area contributed by atoms with Crippen LogP contribution in [0.3, 0.4) is 0 Å². The molecule has 6 heteroatoms. The summed E-state index contributed by atoms with van der Waals surface area (Å²) >= 11 is 0. The van der Waals surface area contributed by atoms with Crippen LogP contribution < -0.4 is 14.8 Å². The molecule has 1 saturated heterocycles. The fourth-order valence-electron chi connectivity index (χ4n) is 2.24. The van der Waals surface area contributed by atoms with Gasteiger partial charge in [-0.2, -0.15) is 8.78 Å². The maximum atomic E-state index is 12.5. The summed E-state index contributed by atoms with van der Waals surface area (Å²) in [6.07, 6.45) is 1.85. The zero-order valence-corrected chi connectivity index (χ0v) is 11.4. The lowest BCUT2D eigenvalue weighted by Gasteiger charge is -2.24. The van der Waals surface area contributed by atoms with Gasteiger partial charge in [0, 0.05) is 31.4 Å². The predicted octanol–water partition coefficient (Wildman–Crippen LogP) is 2.57. The summed E-state index contributed by atoms with van der Waals surface area (Å²) in [6.45, 7) is -0.941. The van der Waals surface area contributed by atoms with E-state index in [0.29, 0.717) is 23.9 Å². The minimum absolute atomic E-state index is 0.101. The van der Waals surface area contributed by atoms with Crippen molar-refractivity contribution in [2.75, 3.05) is 20.3 Å². The van der Waals surface area contributed by atoms with Crippen LogP contribution in [0.25, 0.3) is 0 Å². The molecule has 0 spiro atoms. The van der Waals surface area contributed by atoms with E-state index in [9.17, 15) is 8.78 Å². The second kappa shape index (κ2) is 7.40. The SMILES string of the molecule is COc1cccc(CNC2CCOCC2)c1OC(F)F. The van der Waals surface area contributed by atoms with Gasteiger partial charge in [-0.3, -0.25) is 0 Å². The molecular formula is C14H19F2NO3. The first-order chi connectivity index (χ1) is 9.70. The maximum Gasteiger partial charge on any atom is 0.387 e. The van der Waals surface area contributed by atoms with E-state index < -0.39 is 6.61 Å². The van der Waals surface area contributed by atoms with Gasteiger partial charge in [-0.05, 0) is 18.9 Å². The molecule has 1 aliphatic heterocycles. The highest BCUT2D eigenvalue weighted by Crippen LogP contribution is 2.32. The molecule has 1 aliphatic rings. The first-order valence-electron chi connectivity index (χ1n) is 6.62. The number of halogens is 2. The van der Waals surface area contributed by atoms with E-state index in [1.165, 1.54) is 7.11 Å². The van der Waals surface area contributed by atoms with E-state index in [-0.39, 0.29) is 5.75 Å². The van der Waals surface area contributed by atoms with E-state index >= 15 is 0 Å². The van der Waals surface area contributed by atoms with E-state index in [1.54, 1.807) is 18.2 Å². The maximum absolute atomic E-state index is 12.5. The molecule has 4 nitrogen and oxygen atoms in total. The Morgan fingerprint density at radius 1 is 1.35 bits per heavy atom. The van der Waals surface area contributed by atoms with E-state index in [0.717, 1.165) is 26.1 Å². The van der Waals surface area contributed by atoms with Crippen molar-refractivity contribution in [3.8, 4) is 11.5 Å². The van der Waals surface area contributed by atoms with Gasteiger partial charge in [-0.1, -0.05) is 12.1 Å². The molecule has 0 radical (unpaired) electrons. The van der Waals surface area contributed by atoms with Crippen LogP contribution in [0.5, 0.6) is 11.5 Å². The van der Waals surface area contributed by atoms with Crippen LogP contribution in [-0.2, 0) is 11.3 Å². The van der Waals surface area contributed by atoms with Gasteiger partial charge in [0.25, 0.3) is 0 Å². The Hall–Kier alpha value is -1.40. The first kappa shape index (κ1) is 15.0. The van der Waals surface area contributed by atoms with Crippen molar-refractivity contribution in [3.05, 3.63) is 23.8 Å². The summed E-state index contributed by atoms with van der Waals surface area (Å²) in [4.78, 5) is 0. The standard InChI is InChI=1S/C14H19F2NO3/c1-18-12-4-2-3-10(13(12)20-14(15)16)9-17-11-5-7-19-8-6-11/h2-4,11,14,17H,5-9H2,1H3. The Morgan fingerprint density at radius 2 is 2.10 bits per heavy atom. The molecule has 1 aromatic carbocycles. The Balaban J connectivity index is 2.05. The van der Waals surface area contributed by atoms with Crippen LogP contribution >= 0.6 is 0 Å². The minimum Gasteiger partial charge on any atom is -0.493 e. The zero-order chi connectivity index (χ0) is 14.4. The average Bonchev–Trinajstić information content (AvgIpc) is 2.46. The Kier molecular flexibility index (Phi) is 5.55. The third kappa shape index (κ3) is 4.05. The largest absolute Gasteiger partial charge is 0.493 e. The molecular weight excluding hydrogens is 268 g/mol. The number of ether oxygens (including phenoxy) is 3. The Morgan fingerprint density at radius 3 is 2.75 bits per heavy atom. The van der Waals surface area contributed by atoms with Crippen LogP contribution in [0.15, 0.2) is 18.2 Å². The zero-order valence-electron chi connectivity index (χ0n) is 11.4. The fourth-order valence-corrected chi connectivity index (χ4v) is 2.24. The third-order valence-corrected chi connectivity index (χ3v) is 3.29.